The highest BCUT2D eigenvalue weighted by atomic mass is 16.5. The molecule has 5 nitrogen and oxygen atoms in total. The Bertz CT molecular complexity index is 377. The third-order valence-corrected chi connectivity index (χ3v) is 4.18. The monoisotopic (exact) mass is 312 g/mol. The fourth-order valence-electron chi connectivity index (χ4n) is 2.89. The minimum absolute atomic E-state index is 0.0756. The number of carbonyl (C=O) groups excluding carboxylic acids is 2. The van der Waals surface area contributed by atoms with Crippen LogP contribution in [0.25, 0.3) is 0 Å². The van der Waals surface area contributed by atoms with Crippen LogP contribution in [0.5, 0.6) is 0 Å². The third-order valence-electron chi connectivity index (χ3n) is 4.18. The quantitative estimate of drug-likeness (QED) is 0.764. The second kappa shape index (κ2) is 8.51. The van der Waals surface area contributed by atoms with Crippen LogP contribution in [0.15, 0.2) is 0 Å². The number of piperidine rings is 1. The minimum atomic E-state index is -0.385. The minimum Gasteiger partial charge on any atom is -0.468 e. The summed E-state index contributed by atoms with van der Waals surface area (Å²) in [5, 5.41) is 3.15. The Morgan fingerprint density at radius 1 is 1.27 bits per heavy atom. The molecule has 1 N–H and O–H groups in total. The lowest BCUT2D eigenvalue weighted by atomic mass is 9.88. The van der Waals surface area contributed by atoms with Gasteiger partial charge < -0.3 is 10.1 Å². The summed E-state index contributed by atoms with van der Waals surface area (Å²) in [6.07, 6.45) is 4.51. The predicted molar refractivity (Wildman–Crippen MR) is 87.5 cm³/mol. The van der Waals surface area contributed by atoms with Gasteiger partial charge in [-0.3, -0.25) is 14.5 Å². The summed E-state index contributed by atoms with van der Waals surface area (Å²) >= 11 is 0. The number of ether oxygens (including phenoxy) is 1. The van der Waals surface area contributed by atoms with E-state index in [0.717, 1.165) is 25.9 Å². The molecule has 0 bridgehead atoms. The Labute approximate surface area is 134 Å². The summed E-state index contributed by atoms with van der Waals surface area (Å²) in [5.74, 6) is 0.396. The van der Waals surface area contributed by atoms with E-state index in [2.05, 4.69) is 17.1 Å². The van der Waals surface area contributed by atoms with Gasteiger partial charge in [0.25, 0.3) is 0 Å². The second-order valence-corrected chi connectivity index (χ2v) is 7.43. The number of methoxy groups -OCH3 is 1. The van der Waals surface area contributed by atoms with Gasteiger partial charge >= 0.3 is 5.97 Å². The van der Waals surface area contributed by atoms with Crippen molar-refractivity contribution in [3.63, 3.8) is 0 Å². The number of nitrogens with zero attached hydrogens (tertiary/aromatic N) is 1. The maximum absolute atomic E-state index is 12.2. The largest absolute Gasteiger partial charge is 0.468 e. The van der Waals surface area contributed by atoms with E-state index >= 15 is 0 Å². The van der Waals surface area contributed by atoms with E-state index < -0.39 is 0 Å². The highest BCUT2D eigenvalue weighted by molar-refractivity contribution is 5.81. The first-order chi connectivity index (χ1) is 10.3. The lowest BCUT2D eigenvalue weighted by Gasteiger charge is -2.38. The van der Waals surface area contributed by atoms with E-state index in [-0.39, 0.29) is 23.3 Å². The van der Waals surface area contributed by atoms with Gasteiger partial charge in [0.15, 0.2) is 0 Å². The van der Waals surface area contributed by atoms with Crippen LogP contribution in [0.1, 0.15) is 53.4 Å². The van der Waals surface area contributed by atoms with Crippen LogP contribution < -0.4 is 5.32 Å². The van der Waals surface area contributed by atoms with Crippen molar-refractivity contribution < 1.29 is 14.3 Å². The number of unbranched alkanes of at least 4 members (excludes halogenated alkanes) is 1. The Balaban J connectivity index is 2.65. The molecule has 1 aliphatic heterocycles. The summed E-state index contributed by atoms with van der Waals surface area (Å²) in [5.41, 5.74) is -0.385. The lowest BCUT2D eigenvalue weighted by Crippen LogP contribution is -2.53. The fourth-order valence-corrected chi connectivity index (χ4v) is 2.89. The molecule has 5 heteroatoms. The molecule has 128 valence electrons. The smallest absolute Gasteiger partial charge is 0.319 e. The number of amides is 1. The van der Waals surface area contributed by atoms with Crippen LogP contribution >= 0.6 is 0 Å². The molecule has 1 fully saturated rings. The average molecular weight is 312 g/mol. The number of esters is 1. The Hall–Kier alpha value is -1.10. The van der Waals surface area contributed by atoms with Crippen molar-refractivity contribution in [2.24, 2.45) is 11.3 Å². The average Bonchev–Trinajstić information content (AvgIpc) is 2.43. The molecular formula is C17H32N2O3. The van der Waals surface area contributed by atoms with E-state index in [1.807, 2.05) is 20.8 Å². The number of hydrogen-bond acceptors (Lipinski definition) is 4. The van der Waals surface area contributed by atoms with Crippen molar-refractivity contribution in [3.05, 3.63) is 0 Å². The first-order valence-corrected chi connectivity index (χ1v) is 8.36. The van der Waals surface area contributed by atoms with Gasteiger partial charge in [-0.15, -0.1) is 0 Å². The number of rotatable bonds is 6. The first-order valence-electron chi connectivity index (χ1n) is 8.36. The number of nitrogens with one attached hydrogen (secondary N) is 1. The van der Waals surface area contributed by atoms with Crippen LogP contribution in [-0.2, 0) is 14.3 Å². The molecule has 22 heavy (non-hydrogen) atoms. The standard InChI is InChI=1S/C17H32N2O3/c1-6-7-8-13-9-14(18-16(21)17(2,3)4)11-19(10-13)12-15(20)22-5/h13-14H,6-12H2,1-5H3,(H,18,21). The molecule has 0 aromatic rings. The first kappa shape index (κ1) is 18.9. The molecule has 0 spiro atoms. The van der Waals surface area contributed by atoms with Crippen LogP contribution in [0.2, 0.25) is 0 Å². The Morgan fingerprint density at radius 3 is 2.50 bits per heavy atom. The third kappa shape index (κ3) is 6.34. The number of hydrogen-bond donors (Lipinski definition) is 1. The van der Waals surface area contributed by atoms with Gasteiger partial charge in [0.1, 0.15) is 0 Å². The van der Waals surface area contributed by atoms with E-state index in [1.54, 1.807) is 0 Å². The molecule has 2 atom stereocenters. The van der Waals surface area contributed by atoms with Crippen molar-refractivity contribution >= 4 is 11.9 Å². The lowest BCUT2D eigenvalue weighted by molar-refractivity contribution is -0.142. The topological polar surface area (TPSA) is 58.6 Å². The molecule has 0 aromatic carbocycles. The normalized spacial score (nSPS) is 23.1. The molecular weight excluding hydrogens is 280 g/mol. The van der Waals surface area contributed by atoms with Crippen molar-refractivity contribution in [1.29, 1.82) is 0 Å². The zero-order chi connectivity index (χ0) is 16.8. The maximum atomic E-state index is 12.2. The van der Waals surface area contributed by atoms with Gasteiger partial charge in [0, 0.05) is 24.5 Å². The molecule has 0 saturated carbocycles. The Morgan fingerprint density at radius 2 is 1.95 bits per heavy atom. The zero-order valence-electron chi connectivity index (χ0n) is 14.8. The predicted octanol–water partition coefficient (Wildman–Crippen LogP) is 2.20. The van der Waals surface area contributed by atoms with E-state index in [0.29, 0.717) is 12.5 Å². The summed E-state index contributed by atoms with van der Waals surface area (Å²) < 4.78 is 4.77. The van der Waals surface area contributed by atoms with Crippen LogP contribution in [0, 0.1) is 11.3 Å². The zero-order valence-corrected chi connectivity index (χ0v) is 14.8. The van der Waals surface area contributed by atoms with Crippen molar-refractivity contribution in [2.75, 3.05) is 26.7 Å². The van der Waals surface area contributed by atoms with Crippen molar-refractivity contribution in [3.8, 4) is 0 Å². The van der Waals surface area contributed by atoms with Gasteiger partial charge in [0.2, 0.25) is 5.91 Å². The second-order valence-electron chi connectivity index (χ2n) is 7.43. The highest BCUT2D eigenvalue weighted by Gasteiger charge is 2.31. The summed E-state index contributed by atoms with van der Waals surface area (Å²) in [6, 6.07) is 0.118. The molecule has 1 amide bonds. The molecule has 1 heterocycles. The molecule has 0 aromatic heterocycles. The van der Waals surface area contributed by atoms with Gasteiger partial charge in [-0.25, -0.2) is 0 Å². The van der Waals surface area contributed by atoms with Crippen molar-refractivity contribution in [1.82, 2.24) is 10.2 Å². The summed E-state index contributed by atoms with van der Waals surface area (Å²) in [7, 11) is 1.42. The SMILES string of the molecule is CCCCC1CC(NC(=O)C(C)(C)C)CN(CC(=O)OC)C1. The van der Waals surface area contributed by atoms with Gasteiger partial charge in [-0.2, -0.15) is 0 Å². The molecule has 2 unspecified atom stereocenters. The highest BCUT2D eigenvalue weighted by Crippen LogP contribution is 2.23. The molecule has 1 saturated heterocycles. The van der Waals surface area contributed by atoms with Gasteiger partial charge in [0.05, 0.1) is 13.7 Å². The van der Waals surface area contributed by atoms with Gasteiger partial charge in [-0.05, 0) is 18.8 Å². The molecule has 0 radical (unpaired) electrons. The summed E-state index contributed by atoms with van der Waals surface area (Å²) in [6.45, 7) is 9.90. The number of likely N-dealkylation sites (tertiary alicyclic amines) is 1. The van der Waals surface area contributed by atoms with E-state index in [4.69, 9.17) is 4.74 Å². The van der Waals surface area contributed by atoms with E-state index in [1.165, 1.54) is 20.0 Å². The van der Waals surface area contributed by atoms with Crippen molar-refractivity contribution in [2.45, 2.75) is 59.4 Å². The number of carbonyl (C=O) groups is 2. The summed E-state index contributed by atoms with van der Waals surface area (Å²) in [4.78, 5) is 25.9. The van der Waals surface area contributed by atoms with Crippen LogP contribution in [0.3, 0.4) is 0 Å². The van der Waals surface area contributed by atoms with Crippen LogP contribution in [-0.4, -0.2) is 49.6 Å². The molecule has 1 rings (SSSR count). The maximum Gasteiger partial charge on any atom is 0.319 e. The fraction of sp³-hybridized carbons (Fsp3) is 0.882. The molecule has 1 aliphatic rings. The Kier molecular flexibility index (Phi) is 7.33. The van der Waals surface area contributed by atoms with E-state index in [9.17, 15) is 9.59 Å². The molecule has 0 aliphatic carbocycles. The van der Waals surface area contributed by atoms with Gasteiger partial charge in [-0.1, -0.05) is 40.5 Å². The van der Waals surface area contributed by atoms with Crippen LogP contribution in [0.4, 0.5) is 0 Å².